The highest BCUT2D eigenvalue weighted by atomic mass is 14.7. The van der Waals surface area contributed by atoms with E-state index in [2.05, 4.69) is 56.3 Å². The molecule has 0 aliphatic heterocycles. The van der Waals surface area contributed by atoms with Crippen LogP contribution in [0, 0.1) is 0 Å². The van der Waals surface area contributed by atoms with Crippen LogP contribution in [-0.4, -0.2) is 4.98 Å². The van der Waals surface area contributed by atoms with Crippen molar-refractivity contribution < 1.29 is 0 Å². The Balaban J connectivity index is 2.43. The van der Waals surface area contributed by atoms with Gasteiger partial charge in [-0.25, -0.2) is 4.98 Å². The molecule has 0 saturated heterocycles. The number of nitrogens with zero attached hydrogens (tertiary/aromatic N) is 1. The highest BCUT2D eigenvalue weighted by Crippen LogP contribution is 2.26. The van der Waals surface area contributed by atoms with Gasteiger partial charge in [-0.3, -0.25) is 0 Å². The molecule has 0 fully saturated rings. The fourth-order valence-electron chi connectivity index (χ4n) is 2.29. The van der Waals surface area contributed by atoms with Gasteiger partial charge < -0.3 is 0 Å². The molecular formula is C16H15N. The molecule has 1 heteroatoms. The molecule has 0 amide bonds. The molecule has 3 rings (SSSR count). The lowest BCUT2D eigenvalue weighted by Gasteiger charge is -2.09. The summed E-state index contributed by atoms with van der Waals surface area (Å²) < 4.78 is 0. The molecule has 2 aromatic carbocycles. The molecule has 0 atom stereocenters. The fourth-order valence-corrected chi connectivity index (χ4v) is 2.29. The lowest BCUT2D eigenvalue weighted by Crippen LogP contribution is -1.92. The minimum atomic E-state index is 0.507. The zero-order valence-electron chi connectivity index (χ0n) is 10.1. The average molecular weight is 221 g/mol. The molecule has 0 bridgehead atoms. The van der Waals surface area contributed by atoms with Gasteiger partial charge in [0.2, 0.25) is 0 Å². The third-order valence-corrected chi connectivity index (χ3v) is 3.20. The summed E-state index contributed by atoms with van der Waals surface area (Å²) in [6, 6.07) is 16.9. The van der Waals surface area contributed by atoms with Crippen molar-refractivity contribution in [3.8, 4) is 0 Å². The number of rotatable bonds is 1. The van der Waals surface area contributed by atoms with E-state index in [0.29, 0.717) is 5.92 Å². The third-order valence-electron chi connectivity index (χ3n) is 3.20. The largest absolute Gasteiger partial charge is 0.247 e. The SMILES string of the molecule is CC(C)c1cccc2cc3ccccc3nc12. The summed E-state index contributed by atoms with van der Waals surface area (Å²) in [7, 11) is 0. The van der Waals surface area contributed by atoms with E-state index in [1.807, 2.05) is 6.07 Å². The van der Waals surface area contributed by atoms with Crippen LogP contribution in [0.5, 0.6) is 0 Å². The van der Waals surface area contributed by atoms with Gasteiger partial charge in [0.15, 0.2) is 0 Å². The Kier molecular flexibility index (Phi) is 2.32. The summed E-state index contributed by atoms with van der Waals surface area (Å²) in [6.07, 6.45) is 0. The number of fused-ring (bicyclic) bond motifs is 2. The van der Waals surface area contributed by atoms with Gasteiger partial charge in [0, 0.05) is 10.8 Å². The molecule has 17 heavy (non-hydrogen) atoms. The summed E-state index contributed by atoms with van der Waals surface area (Å²) in [6.45, 7) is 4.43. The van der Waals surface area contributed by atoms with Crippen LogP contribution in [0.3, 0.4) is 0 Å². The quantitative estimate of drug-likeness (QED) is 0.551. The van der Waals surface area contributed by atoms with Crippen LogP contribution in [0.15, 0.2) is 48.5 Å². The van der Waals surface area contributed by atoms with E-state index in [0.717, 1.165) is 11.0 Å². The summed E-state index contributed by atoms with van der Waals surface area (Å²) in [5.74, 6) is 0.507. The Bertz CT molecular complexity index is 683. The molecule has 0 unspecified atom stereocenters. The van der Waals surface area contributed by atoms with Crippen LogP contribution in [0.25, 0.3) is 21.8 Å². The standard InChI is InChI=1S/C16H15N/c1-11(2)14-8-5-7-13-10-12-6-3-4-9-15(12)17-16(13)14/h3-11H,1-2H3. The Labute approximate surface area is 101 Å². The maximum atomic E-state index is 4.80. The number of aromatic nitrogens is 1. The first-order valence-electron chi connectivity index (χ1n) is 6.04. The van der Waals surface area contributed by atoms with E-state index < -0.39 is 0 Å². The second-order valence-electron chi connectivity index (χ2n) is 4.75. The summed E-state index contributed by atoms with van der Waals surface area (Å²) in [5, 5.41) is 2.44. The topological polar surface area (TPSA) is 12.9 Å². The molecule has 1 aromatic heterocycles. The third kappa shape index (κ3) is 1.68. The maximum absolute atomic E-state index is 4.80. The van der Waals surface area contributed by atoms with Crippen LogP contribution in [0.4, 0.5) is 0 Å². The monoisotopic (exact) mass is 221 g/mol. The van der Waals surface area contributed by atoms with E-state index in [1.54, 1.807) is 0 Å². The van der Waals surface area contributed by atoms with Crippen molar-refractivity contribution in [3.05, 3.63) is 54.1 Å². The van der Waals surface area contributed by atoms with Gasteiger partial charge in [-0.15, -0.1) is 0 Å². The van der Waals surface area contributed by atoms with Gasteiger partial charge in [-0.05, 0) is 23.6 Å². The molecule has 0 spiro atoms. The smallest absolute Gasteiger partial charge is 0.0744 e. The number of para-hydroxylation sites is 2. The van der Waals surface area contributed by atoms with Gasteiger partial charge in [0.1, 0.15) is 0 Å². The fraction of sp³-hybridized carbons (Fsp3) is 0.188. The Hall–Kier alpha value is -1.89. The van der Waals surface area contributed by atoms with E-state index in [-0.39, 0.29) is 0 Å². The van der Waals surface area contributed by atoms with Gasteiger partial charge in [-0.1, -0.05) is 50.2 Å². The van der Waals surface area contributed by atoms with E-state index in [4.69, 9.17) is 4.98 Å². The number of hydrogen-bond donors (Lipinski definition) is 0. The summed E-state index contributed by atoms with van der Waals surface area (Å²) >= 11 is 0. The molecule has 0 radical (unpaired) electrons. The molecule has 1 heterocycles. The molecular weight excluding hydrogens is 206 g/mol. The van der Waals surface area contributed by atoms with Crippen molar-refractivity contribution in [2.45, 2.75) is 19.8 Å². The van der Waals surface area contributed by atoms with Gasteiger partial charge in [0.25, 0.3) is 0 Å². The molecule has 0 aliphatic rings. The molecule has 0 aliphatic carbocycles. The van der Waals surface area contributed by atoms with Crippen molar-refractivity contribution in [2.75, 3.05) is 0 Å². The zero-order chi connectivity index (χ0) is 11.8. The van der Waals surface area contributed by atoms with Crippen molar-refractivity contribution >= 4 is 21.8 Å². The zero-order valence-corrected chi connectivity index (χ0v) is 10.1. The number of benzene rings is 2. The van der Waals surface area contributed by atoms with E-state index in [1.165, 1.54) is 16.3 Å². The van der Waals surface area contributed by atoms with Crippen LogP contribution in [0.2, 0.25) is 0 Å². The van der Waals surface area contributed by atoms with E-state index >= 15 is 0 Å². The van der Waals surface area contributed by atoms with Crippen molar-refractivity contribution in [1.82, 2.24) is 4.98 Å². The number of hydrogen-bond acceptors (Lipinski definition) is 1. The second kappa shape index (κ2) is 3.85. The first kappa shape index (κ1) is 10.3. The first-order chi connectivity index (χ1) is 8.25. The van der Waals surface area contributed by atoms with Crippen molar-refractivity contribution in [2.24, 2.45) is 0 Å². The van der Waals surface area contributed by atoms with Gasteiger partial charge in [-0.2, -0.15) is 0 Å². The molecule has 1 nitrogen and oxygen atoms in total. The average Bonchev–Trinajstić information content (AvgIpc) is 2.35. The van der Waals surface area contributed by atoms with Crippen LogP contribution >= 0.6 is 0 Å². The molecule has 0 N–H and O–H groups in total. The lowest BCUT2D eigenvalue weighted by molar-refractivity contribution is 0.873. The van der Waals surface area contributed by atoms with Gasteiger partial charge in [0.05, 0.1) is 11.0 Å². The Morgan fingerprint density at radius 1 is 0.882 bits per heavy atom. The summed E-state index contributed by atoms with van der Waals surface area (Å²) in [5.41, 5.74) is 3.54. The maximum Gasteiger partial charge on any atom is 0.0744 e. The predicted octanol–water partition coefficient (Wildman–Crippen LogP) is 4.51. The minimum absolute atomic E-state index is 0.507. The first-order valence-corrected chi connectivity index (χ1v) is 6.04. The summed E-state index contributed by atoms with van der Waals surface area (Å²) in [4.78, 5) is 4.80. The van der Waals surface area contributed by atoms with E-state index in [9.17, 15) is 0 Å². The minimum Gasteiger partial charge on any atom is -0.247 e. The Morgan fingerprint density at radius 2 is 1.65 bits per heavy atom. The lowest BCUT2D eigenvalue weighted by atomic mass is 9.99. The van der Waals surface area contributed by atoms with Crippen LogP contribution < -0.4 is 0 Å². The number of pyridine rings is 1. The van der Waals surface area contributed by atoms with Crippen LogP contribution in [-0.2, 0) is 0 Å². The predicted molar refractivity (Wildman–Crippen MR) is 73.3 cm³/mol. The van der Waals surface area contributed by atoms with Crippen LogP contribution in [0.1, 0.15) is 25.3 Å². The van der Waals surface area contributed by atoms with Crippen molar-refractivity contribution in [1.29, 1.82) is 0 Å². The van der Waals surface area contributed by atoms with Gasteiger partial charge >= 0.3 is 0 Å². The normalized spacial score (nSPS) is 11.5. The molecule has 3 aromatic rings. The second-order valence-corrected chi connectivity index (χ2v) is 4.75. The molecule has 0 saturated carbocycles. The molecule has 84 valence electrons. The van der Waals surface area contributed by atoms with Crippen molar-refractivity contribution in [3.63, 3.8) is 0 Å². The highest BCUT2D eigenvalue weighted by molar-refractivity contribution is 5.94. The Morgan fingerprint density at radius 3 is 2.47 bits per heavy atom. The highest BCUT2D eigenvalue weighted by Gasteiger charge is 2.07.